The molecule has 10 heteroatoms. The van der Waals surface area contributed by atoms with Crippen molar-refractivity contribution in [3.8, 4) is 17.2 Å². The largest absolute Gasteiger partial charge is 0.486 e. The molecular formula is C22H19N5O3S2. The van der Waals surface area contributed by atoms with Crippen LogP contribution in [0, 0.1) is 0 Å². The van der Waals surface area contributed by atoms with Crippen LogP contribution in [0.1, 0.15) is 4.88 Å². The minimum absolute atomic E-state index is 0.0531. The number of anilines is 1. The molecule has 2 aromatic carbocycles. The number of carbonyl (C=O) groups is 1. The van der Waals surface area contributed by atoms with E-state index >= 15 is 0 Å². The summed E-state index contributed by atoms with van der Waals surface area (Å²) in [7, 11) is 0. The highest BCUT2D eigenvalue weighted by atomic mass is 32.2. The van der Waals surface area contributed by atoms with Gasteiger partial charge in [0.25, 0.3) is 0 Å². The molecule has 3 heterocycles. The molecule has 0 atom stereocenters. The quantitative estimate of drug-likeness (QED) is 0.384. The normalized spacial score (nSPS) is 12.5. The minimum Gasteiger partial charge on any atom is -0.486 e. The number of nitrogens with zero attached hydrogens (tertiary/aromatic N) is 5. The number of aromatic nitrogens is 4. The van der Waals surface area contributed by atoms with Crippen molar-refractivity contribution in [1.29, 1.82) is 0 Å². The molecule has 0 saturated heterocycles. The number of amides is 1. The van der Waals surface area contributed by atoms with Gasteiger partial charge in [-0.05, 0) is 46.1 Å². The lowest BCUT2D eigenvalue weighted by molar-refractivity contribution is -0.116. The van der Waals surface area contributed by atoms with Crippen LogP contribution >= 0.6 is 23.1 Å². The third-order valence-electron chi connectivity index (χ3n) is 4.80. The van der Waals surface area contributed by atoms with Gasteiger partial charge in [-0.1, -0.05) is 36.0 Å². The Labute approximate surface area is 192 Å². The Morgan fingerprint density at radius 3 is 2.72 bits per heavy atom. The van der Waals surface area contributed by atoms with Crippen molar-refractivity contribution in [3.63, 3.8) is 0 Å². The molecule has 0 spiro atoms. The molecule has 0 saturated carbocycles. The second-order valence-electron chi connectivity index (χ2n) is 6.88. The number of thiophene rings is 1. The minimum atomic E-state index is -0.0531. The summed E-state index contributed by atoms with van der Waals surface area (Å²) in [5, 5.41) is 14.5. The van der Waals surface area contributed by atoms with Gasteiger partial charge in [0, 0.05) is 16.6 Å². The monoisotopic (exact) mass is 465 g/mol. The van der Waals surface area contributed by atoms with Gasteiger partial charge in [-0.25, -0.2) is 0 Å². The smallest absolute Gasteiger partial charge is 0.237 e. The molecule has 0 aliphatic carbocycles. The van der Waals surface area contributed by atoms with Crippen molar-refractivity contribution in [1.82, 2.24) is 20.2 Å². The standard InChI is InChI=1S/C22H19N5O3S2/c28-21(15-32-22-23-24-25-27(22)16-5-2-1-3-6-16)26(14-18-7-4-12-31-18)17-8-9-19-20(13-17)30-11-10-29-19/h1-9,12-13H,10-11,14-15H2. The Hall–Kier alpha value is -3.37. The van der Waals surface area contributed by atoms with E-state index in [-0.39, 0.29) is 11.7 Å². The number of rotatable bonds is 7. The van der Waals surface area contributed by atoms with E-state index in [1.165, 1.54) is 11.8 Å². The molecule has 1 amide bonds. The van der Waals surface area contributed by atoms with Crippen LogP contribution in [0.4, 0.5) is 5.69 Å². The molecule has 0 bridgehead atoms. The first-order valence-electron chi connectivity index (χ1n) is 9.97. The SMILES string of the molecule is O=C(CSc1nnnn1-c1ccccc1)N(Cc1cccs1)c1ccc2c(c1)OCCO2. The Kier molecular flexibility index (Phi) is 6.04. The molecule has 162 valence electrons. The predicted molar refractivity (Wildman–Crippen MR) is 123 cm³/mol. The van der Waals surface area contributed by atoms with Crippen LogP contribution in [0.5, 0.6) is 11.5 Å². The maximum Gasteiger partial charge on any atom is 0.237 e. The van der Waals surface area contributed by atoms with Crippen LogP contribution in [0.2, 0.25) is 0 Å². The molecule has 2 aromatic heterocycles. The second-order valence-corrected chi connectivity index (χ2v) is 8.86. The average Bonchev–Trinajstić information content (AvgIpc) is 3.53. The molecule has 0 unspecified atom stereocenters. The zero-order chi connectivity index (χ0) is 21.8. The molecule has 8 nitrogen and oxygen atoms in total. The number of hydrogen-bond donors (Lipinski definition) is 0. The van der Waals surface area contributed by atoms with E-state index in [0.29, 0.717) is 36.4 Å². The summed E-state index contributed by atoms with van der Waals surface area (Å²) < 4.78 is 13.0. The highest BCUT2D eigenvalue weighted by Gasteiger charge is 2.22. The second kappa shape index (κ2) is 9.41. The summed E-state index contributed by atoms with van der Waals surface area (Å²) in [5.74, 6) is 1.48. The van der Waals surface area contributed by atoms with E-state index in [0.717, 1.165) is 16.3 Å². The summed E-state index contributed by atoms with van der Waals surface area (Å²) in [5.41, 5.74) is 1.60. The van der Waals surface area contributed by atoms with Crippen molar-refractivity contribution >= 4 is 34.7 Å². The van der Waals surface area contributed by atoms with Gasteiger partial charge in [0.05, 0.1) is 18.0 Å². The van der Waals surface area contributed by atoms with Crippen LogP contribution in [0.15, 0.2) is 71.2 Å². The maximum atomic E-state index is 13.3. The maximum absolute atomic E-state index is 13.3. The van der Waals surface area contributed by atoms with Crippen LogP contribution in [0.3, 0.4) is 0 Å². The van der Waals surface area contributed by atoms with Gasteiger partial charge in [0.2, 0.25) is 11.1 Å². The van der Waals surface area contributed by atoms with E-state index in [1.807, 2.05) is 66.0 Å². The highest BCUT2D eigenvalue weighted by molar-refractivity contribution is 7.99. The van der Waals surface area contributed by atoms with Crippen molar-refractivity contribution in [2.45, 2.75) is 11.7 Å². The third kappa shape index (κ3) is 4.46. The van der Waals surface area contributed by atoms with Crippen molar-refractivity contribution in [2.24, 2.45) is 0 Å². The van der Waals surface area contributed by atoms with Gasteiger partial charge in [0.1, 0.15) is 13.2 Å². The fourth-order valence-corrected chi connectivity index (χ4v) is 4.75. The fraction of sp³-hybridized carbons (Fsp3) is 0.182. The lowest BCUT2D eigenvalue weighted by Gasteiger charge is -2.25. The molecule has 1 aliphatic heterocycles. The summed E-state index contributed by atoms with van der Waals surface area (Å²) >= 11 is 2.92. The Balaban J connectivity index is 1.37. The Bertz CT molecular complexity index is 1200. The summed E-state index contributed by atoms with van der Waals surface area (Å²) in [6.45, 7) is 1.49. The third-order valence-corrected chi connectivity index (χ3v) is 6.56. The van der Waals surface area contributed by atoms with Crippen LogP contribution in [-0.2, 0) is 11.3 Å². The van der Waals surface area contributed by atoms with E-state index in [9.17, 15) is 4.79 Å². The lowest BCUT2D eigenvalue weighted by Crippen LogP contribution is -2.32. The number of hydrogen-bond acceptors (Lipinski definition) is 8. The van der Waals surface area contributed by atoms with Gasteiger partial charge in [-0.3, -0.25) is 4.79 Å². The van der Waals surface area contributed by atoms with Crippen LogP contribution in [0.25, 0.3) is 5.69 Å². The lowest BCUT2D eigenvalue weighted by atomic mass is 10.2. The number of thioether (sulfide) groups is 1. The number of fused-ring (bicyclic) bond motifs is 1. The summed E-state index contributed by atoms with van der Waals surface area (Å²) in [4.78, 5) is 16.2. The van der Waals surface area contributed by atoms with E-state index in [4.69, 9.17) is 9.47 Å². The van der Waals surface area contributed by atoms with Gasteiger partial charge in [0.15, 0.2) is 11.5 Å². The summed E-state index contributed by atoms with van der Waals surface area (Å²) in [6.07, 6.45) is 0. The van der Waals surface area contributed by atoms with Crippen molar-refractivity contribution < 1.29 is 14.3 Å². The number of carbonyl (C=O) groups excluding carboxylic acids is 1. The summed E-state index contributed by atoms with van der Waals surface area (Å²) in [6, 6.07) is 19.2. The number of tetrazole rings is 1. The number of para-hydroxylation sites is 1. The highest BCUT2D eigenvalue weighted by Crippen LogP contribution is 2.35. The van der Waals surface area contributed by atoms with E-state index in [1.54, 1.807) is 20.9 Å². The van der Waals surface area contributed by atoms with Crippen molar-refractivity contribution in [3.05, 3.63) is 70.9 Å². The van der Waals surface area contributed by atoms with Gasteiger partial charge in [-0.2, -0.15) is 4.68 Å². The zero-order valence-electron chi connectivity index (χ0n) is 17.0. The first kappa shape index (κ1) is 20.5. The molecule has 0 N–H and O–H groups in total. The Morgan fingerprint density at radius 1 is 1.06 bits per heavy atom. The molecule has 0 fully saturated rings. The van der Waals surface area contributed by atoms with Gasteiger partial charge in [-0.15, -0.1) is 16.4 Å². The first-order chi connectivity index (χ1) is 15.8. The zero-order valence-corrected chi connectivity index (χ0v) is 18.6. The molecule has 1 aliphatic rings. The molecule has 5 rings (SSSR count). The molecule has 0 radical (unpaired) electrons. The van der Waals surface area contributed by atoms with Crippen LogP contribution in [-0.4, -0.2) is 45.1 Å². The molecule has 4 aromatic rings. The number of benzene rings is 2. The van der Waals surface area contributed by atoms with E-state index in [2.05, 4.69) is 15.5 Å². The Morgan fingerprint density at radius 2 is 1.91 bits per heavy atom. The topological polar surface area (TPSA) is 82.4 Å². The molecular weight excluding hydrogens is 446 g/mol. The van der Waals surface area contributed by atoms with Crippen LogP contribution < -0.4 is 14.4 Å². The predicted octanol–water partition coefficient (Wildman–Crippen LogP) is 3.82. The van der Waals surface area contributed by atoms with Crippen molar-refractivity contribution in [2.75, 3.05) is 23.9 Å². The van der Waals surface area contributed by atoms with Gasteiger partial charge < -0.3 is 14.4 Å². The molecule has 32 heavy (non-hydrogen) atoms. The first-order valence-corrected chi connectivity index (χ1v) is 11.8. The van der Waals surface area contributed by atoms with E-state index < -0.39 is 0 Å². The fourth-order valence-electron chi connectivity index (χ4n) is 3.29. The number of ether oxygens (including phenoxy) is 2. The average molecular weight is 466 g/mol. The van der Waals surface area contributed by atoms with Gasteiger partial charge >= 0.3 is 0 Å².